The zero-order valence-electron chi connectivity index (χ0n) is 20.7. The molecule has 10 nitrogen and oxygen atoms in total. The van der Waals surface area contributed by atoms with Crippen molar-refractivity contribution in [1.82, 2.24) is 20.1 Å². The van der Waals surface area contributed by atoms with Crippen LogP contribution in [0.2, 0.25) is 0 Å². The Morgan fingerprint density at radius 2 is 1.90 bits per heavy atom. The molecule has 39 heavy (non-hydrogen) atoms. The molecule has 1 atom stereocenters. The lowest BCUT2D eigenvalue weighted by Gasteiger charge is -2.33. The van der Waals surface area contributed by atoms with Gasteiger partial charge in [-0.05, 0) is 42.3 Å². The molecule has 11 heteroatoms. The fraction of sp³-hybridized carbons (Fsp3) is 0.214. The van der Waals surface area contributed by atoms with E-state index in [4.69, 9.17) is 19.9 Å². The van der Waals surface area contributed by atoms with Gasteiger partial charge in [0.1, 0.15) is 23.9 Å². The highest BCUT2D eigenvalue weighted by Crippen LogP contribution is 2.37. The number of carbonyl (C=O) groups is 2. The summed E-state index contributed by atoms with van der Waals surface area (Å²) in [5, 5.41) is 7.51. The molecule has 4 heterocycles. The van der Waals surface area contributed by atoms with E-state index in [2.05, 4.69) is 15.4 Å². The number of primary amides is 1. The molecule has 0 bridgehead atoms. The Labute approximate surface area is 222 Å². The van der Waals surface area contributed by atoms with E-state index in [-0.39, 0.29) is 37.6 Å². The number of rotatable bonds is 7. The third-order valence-corrected chi connectivity index (χ3v) is 6.72. The summed E-state index contributed by atoms with van der Waals surface area (Å²) < 4.78 is 32.6. The van der Waals surface area contributed by atoms with Crippen molar-refractivity contribution in [3.63, 3.8) is 0 Å². The maximum atomic E-state index is 14.0. The number of hydrogen-bond donors (Lipinski definition) is 2. The second-order valence-corrected chi connectivity index (χ2v) is 9.20. The monoisotopic (exact) mass is 529 g/mol. The van der Waals surface area contributed by atoms with Crippen molar-refractivity contribution >= 4 is 11.8 Å². The molecule has 2 aliphatic rings. The Bertz CT molecular complexity index is 1550. The van der Waals surface area contributed by atoms with Crippen molar-refractivity contribution in [2.24, 2.45) is 5.73 Å². The zero-order valence-corrected chi connectivity index (χ0v) is 20.7. The standard InChI is InChI=1S/C28H24FN5O5/c29-19-8-9-22-21(14-19)24-18(16-37-22)15-34(33-24)25-20(7-4-10-31-25)26(35)32-23(13-17-5-2-1-3-6-17)28(27(30)36)38-11-12-39-28/h1-10,14-15,23H,11-13,16H2,(H2,30,36)(H,32,35). The predicted molar refractivity (Wildman–Crippen MR) is 136 cm³/mol. The highest BCUT2D eigenvalue weighted by atomic mass is 19.1. The molecule has 0 spiro atoms. The summed E-state index contributed by atoms with van der Waals surface area (Å²) in [6.45, 7) is 0.549. The molecule has 2 aromatic carbocycles. The van der Waals surface area contributed by atoms with E-state index < -0.39 is 29.5 Å². The second kappa shape index (κ2) is 9.93. The van der Waals surface area contributed by atoms with Gasteiger partial charge in [0.2, 0.25) is 0 Å². The minimum atomic E-state index is -1.83. The molecule has 1 fully saturated rings. The van der Waals surface area contributed by atoms with E-state index in [1.807, 2.05) is 30.3 Å². The highest BCUT2D eigenvalue weighted by molar-refractivity contribution is 5.98. The van der Waals surface area contributed by atoms with Crippen molar-refractivity contribution < 1.29 is 28.2 Å². The number of halogens is 1. The van der Waals surface area contributed by atoms with Gasteiger partial charge in [0.15, 0.2) is 5.82 Å². The number of hydrogen-bond acceptors (Lipinski definition) is 7. The quantitative estimate of drug-likeness (QED) is 0.376. The molecule has 2 amide bonds. The number of benzene rings is 2. The van der Waals surface area contributed by atoms with E-state index in [9.17, 15) is 14.0 Å². The Morgan fingerprint density at radius 3 is 2.67 bits per heavy atom. The van der Waals surface area contributed by atoms with E-state index in [1.54, 1.807) is 24.4 Å². The molecule has 198 valence electrons. The Kier molecular flexibility index (Phi) is 6.29. The summed E-state index contributed by atoms with van der Waals surface area (Å²) in [4.78, 5) is 30.7. The van der Waals surface area contributed by atoms with Crippen LogP contribution in [0.15, 0.2) is 73.1 Å². The smallest absolute Gasteiger partial charge is 0.280 e. The summed E-state index contributed by atoms with van der Waals surface area (Å²) in [5.74, 6) is -2.86. The summed E-state index contributed by atoms with van der Waals surface area (Å²) in [7, 11) is 0. The first-order chi connectivity index (χ1) is 18.9. The molecule has 0 aliphatic carbocycles. The van der Waals surface area contributed by atoms with Crippen molar-refractivity contribution in [2.45, 2.75) is 24.9 Å². The van der Waals surface area contributed by atoms with Crippen molar-refractivity contribution in [1.29, 1.82) is 0 Å². The van der Waals surface area contributed by atoms with Gasteiger partial charge in [-0.3, -0.25) is 9.59 Å². The van der Waals surface area contributed by atoms with E-state index in [0.717, 1.165) is 5.56 Å². The molecule has 1 saturated heterocycles. The number of nitrogens with one attached hydrogen (secondary N) is 1. The highest BCUT2D eigenvalue weighted by Gasteiger charge is 2.51. The number of pyridine rings is 1. The molecule has 2 aromatic heterocycles. The third kappa shape index (κ3) is 4.51. The first-order valence-corrected chi connectivity index (χ1v) is 12.3. The van der Waals surface area contributed by atoms with Crippen LogP contribution in [0.4, 0.5) is 4.39 Å². The van der Waals surface area contributed by atoms with E-state index in [0.29, 0.717) is 22.6 Å². The van der Waals surface area contributed by atoms with Crippen LogP contribution in [0.1, 0.15) is 21.5 Å². The predicted octanol–water partition coefficient (Wildman–Crippen LogP) is 2.54. The fourth-order valence-corrected chi connectivity index (χ4v) is 4.89. The maximum absolute atomic E-state index is 14.0. The van der Waals surface area contributed by atoms with Crippen molar-refractivity contribution in [3.8, 4) is 22.8 Å². The van der Waals surface area contributed by atoms with Gasteiger partial charge in [0.05, 0.1) is 24.8 Å². The van der Waals surface area contributed by atoms with E-state index >= 15 is 0 Å². The number of ether oxygens (including phenoxy) is 3. The van der Waals surface area contributed by atoms with Gasteiger partial charge < -0.3 is 25.3 Å². The lowest BCUT2D eigenvalue weighted by molar-refractivity contribution is -0.189. The summed E-state index contributed by atoms with van der Waals surface area (Å²) in [5.41, 5.74) is 8.52. The van der Waals surface area contributed by atoms with Gasteiger partial charge in [-0.25, -0.2) is 14.1 Å². The van der Waals surface area contributed by atoms with Crippen LogP contribution in [-0.4, -0.2) is 51.6 Å². The Hall–Kier alpha value is -4.61. The minimum absolute atomic E-state index is 0.158. The van der Waals surface area contributed by atoms with Gasteiger partial charge >= 0.3 is 0 Å². The summed E-state index contributed by atoms with van der Waals surface area (Å²) in [6, 6.07) is 15.8. The van der Waals surface area contributed by atoms with Gasteiger partial charge in [0, 0.05) is 23.5 Å². The lowest BCUT2D eigenvalue weighted by atomic mass is 9.97. The molecule has 0 radical (unpaired) electrons. The number of nitrogens with two attached hydrogens (primary N) is 1. The third-order valence-electron chi connectivity index (χ3n) is 6.72. The van der Waals surface area contributed by atoms with Crippen LogP contribution in [0.5, 0.6) is 5.75 Å². The minimum Gasteiger partial charge on any atom is -0.488 e. The first kappa shape index (κ1) is 24.7. The molecule has 1 unspecified atom stereocenters. The maximum Gasteiger partial charge on any atom is 0.280 e. The average Bonchev–Trinajstić information content (AvgIpc) is 3.62. The molecule has 0 saturated carbocycles. The van der Waals surface area contributed by atoms with Crippen LogP contribution in [0, 0.1) is 5.82 Å². The van der Waals surface area contributed by atoms with Crippen LogP contribution < -0.4 is 15.8 Å². The van der Waals surface area contributed by atoms with Crippen molar-refractivity contribution in [3.05, 3.63) is 95.6 Å². The molecular weight excluding hydrogens is 505 g/mol. The number of nitrogens with zero attached hydrogens (tertiary/aromatic N) is 3. The van der Waals surface area contributed by atoms with Crippen LogP contribution in [0.25, 0.3) is 17.1 Å². The van der Waals surface area contributed by atoms with Crippen LogP contribution in [-0.2, 0) is 27.3 Å². The largest absolute Gasteiger partial charge is 0.488 e. The lowest BCUT2D eigenvalue weighted by Crippen LogP contribution is -2.61. The van der Waals surface area contributed by atoms with E-state index in [1.165, 1.54) is 23.0 Å². The molecule has 4 aromatic rings. The summed E-state index contributed by atoms with van der Waals surface area (Å²) >= 11 is 0. The van der Waals surface area contributed by atoms with Gasteiger partial charge in [-0.15, -0.1) is 0 Å². The Balaban J connectivity index is 1.35. The SMILES string of the molecule is NC(=O)C1(C(Cc2ccccc2)NC(=O)c2cccnc2-n2cc3c(n2)-c2cc(F)ccc2OC3)OCCO1. The van der Waals surface area contributed by atoms with Crippen LogP contribution >= 0.6 is 0 Å². The first-order valence-electron chi connectivity index (χ1n) is 12.3. The van der Waals surface area contributed by atoms with Gasteiger partial charge in [-0.1, -0.05) is 30.3 Å². The molecule has 3 N–H and O–H groups in total. The van der Waals surface area contributed by atoms with Crippen molar-refractivity contribution in [2.75, 3.05) is 13.2 Å². The topological polar surface area (TPSA) is 131 Å². The normalized spacial score (nSPS) is 16.0. The molecular formula is C28H24FN5O5. The number of fused-ring (bicyclic) bond motifs is 3. The number of amides is 2. The average molecular weight is 530 g/mol. The molecule has 6 rings (SSSR count). The number of aromatic nitrogens is 3. The fourth-order valence-electron chi connectivity index (χ4n) is 4.89. The van der Waals surface area contributed by atoms with Gasteiger partial charge in [-0.2, -0.15) is 5.10 Å². The zero-order chi connectivity index (χ0) is 27.0. The Morgan fingerprint density at radius 1 is 1.10 bits per heavy atom. The van der Waals surface area contributed by atoms with Crippen LogP contribution in [0.3, 0.4) is 0 Å². The second-order valence-electron chi connectivity index (χ2n) is 9.20. The van der Waals surface area contributed by atoms with Gasteiger partial charge in [0.25, 0.3) is 17.6 Å². The molecule has 2 aliphatic heterocycles. The summed E-state index contributed by atoms with van der Waals surface area (Å²) in [6.07, 6.45) is 3.45. The number of carbonyl (C=O) groups excluding carboxylic acids is 2.